The highest BCUT2D eigenvalue weighted by molar-refractivity contribution is 6.01. The summed E-state index contributed by atoms with van der Waals surface area (Å²) in [6, 6.07) is 16.6. The number of carbonyl (C=O) groups is 1. The number of aryl methyl sites for hydroxylation is 1. The Morgan fingerprint density at radius 3 is 2.41 bits per heavy atom. The third kappa shape index (κ3) is 5.93. The number of halogens is 4. The van der Waals surface area contributed by atoms with E-state index in [1.54, 1.807) is 18.2 Å². The monoisotopic (exact) mass is 537 g/mol. The summed E-state index contributed by atoms with van der Waals surface area (Å²) in [5, 5.41) is 9.53. The van der Waals surface area contributed by atoms with Gasteiger partial charge in [0.05, 0.1) is 12.2 Å². The predicted molar refractivity (Wildman–Crippen MR) is 144 cm³/mol. The number of nitrogens with zero attached hydrogens (tertiary/aromatic N) is 1. The zero-order valence-corrected chi connectivity index (χ0v) is 21.6. The van der Waals surface area contributed by atoms with Crippen molar-refractivity contribution in [2.45, 2.75) is 38.5 Å². The summed E-state index contributed by atoms with van der Waals surface area (Å²) in [5.74, 6) is -1.21. The summed E-state index contributed by atoms with van der Waals surface area (Å²) in [5.41, 5.74) is 5.34. The highest BCUT2D eigenvalue weighted by Crippen LogP contribution is 2.42. The van der Waals surface area contributed by atoms with Crippen molar-refractivity contribution in [3.05, 3.63) is 105 Å². The Hall–Kier alpha value is -3.45. The van der Waals surface area contributed by atoms with Gasteiger partial charge in [-0.1, -0.05) is 36.4 Å². The van der Waals surface area contributed by atoms with Gasteiger partial charge in [0.1, 0.15) is 5.82 Å². The molecule has 0 unspecified atom stereocenters. The normalized spacial score (nSPS) is 16.2. The Morgan fingerprint density at radius 2 is 1.72 bits per heavy atom. The number of allylic oxidation sites excluding steroid dienone is 1. The van der Waals surface area contributed by atoms with Gasteiger partial charge < -0.3 is 10.0 Å². The van der Waals surface area contributed by atoms with Gasteiger partial charge in [0.25, 0.3) is 6.43 Å². The lowest BCUT2D eigenvalue weighted by Crippen LogP contribution is -2.47. The minimum Gasteiger partial charge on any atom is -0.478 e. The first-order valence-corrected chi connectivity index (χ1v) is 13.4. The second kappa shape index (κ2) is 11.7. The molecule has 0 bridgehead atoms. The van der Waals surface area contributed by atoms with E-state index in [-0.39, 0.29) is 17.8 Å². The molecule has 3 aromatic rings. The Labute approximate surface area is 225 Å². The highest BCUT2D eigenvalue weighted by atomic mass is 19.3. The summed E-state index contributed by atoms with van der Waals surface area (Å²) < 4.78 is 54.5. The van der Waals surface area contributed by atoms with E-state index in [1.807, 2.05) is 12.1 Å². The second-order valence-corrected chi connectivity index (χ2v) is 10.5. The molecule has 0 saturated carbocycles. The van der Waals surface area contributed by atoms with Crippen molar-refractivity contribution in [3.63, 3.8) is 0 Å². The molecule has 1 fully saturated rings. The fourth-order valence-corrected chi connectivity index (χ4v) is 5.92. The van der Waals surface area contributed by atoms with Crippen LogP contribution in [0, 0.1) is 11.7 Å². The van der Waals surface area contributed by atoms with Crippen LogP contribution in [0.25, 0.3) is 11.1 Å². The number of aromatic carboxylic acids is 1. The molecule has 1 aliphatic carbocycles. The predicted octanol–water partition coefficient (Wildman–Crippen LogP) is 7.59. The number of alkyl halides is 3. The SMILES string of the molecule is O=C(O)c1ccc2c(c1)CCCC(c1ccc(F)cc1C(F)F)=C2c1ccc(CC2CN(CCCF)C2)cc1. The molecule has 204 valence electrons. The van der Waals surface area contributed by atoms with Crippen LogP contribution < -0.4 is 0 Å². The molecule has 0 atom stereocenters. The maximum absolute atomic E-state index is 14.1. The van der Waals surface area contributed by atoms with Crippen molar-refractivity contribution in [1.82, 2.24) is 4.90 Å². The Kier molecular flexibility index (Phi) is 8.17. The van der Waals surface area contributed by atoms with Crippen molar-refractivity contribution in [2.24, 2.45) is 5.92 Å². The fourth-order valence-electron chi connectivity index (χ4n) is 5.92. The molecule has 3 nitrogen and oxygen atoms in total. The number of carboxylic acids is 1. The van der Waals surface area contributed by atoms with Gasteiger partial charge in [0.15, 0.2) is 0 Å². The van der Waals surface area contributed by atoms with E-state index in [9.17, 15) is 27.5 Å². The zero-order valence-electron chi connectivity index (χ0n) is 21.6. The molecule has 0 aromatic heterocycles. The lowest BCUT2D eigenvalue weighted by molar-refractivity contribution is 0.0696. The number of hydrogen-bond acceptors (Lipinski definition) is 2. The Balaban J connectivity index is 1.55. The molecule has 1 heterocycles. The van der Waals surface area contributed by atoms with Gasteiger partial charge in [-0.25, -0.2) is 18.0 Å². The molecule has 5 rings (SSSR count). The standard InChI is InChI=1S/C32H31F4NO2/c33-13-2-14-37-18-21(19-37)15-20-5-7-22(8-6-20)30-26-11-9-24(32(38)39)16-23(26)3-1-4-28(30)27-12-10-25(34)17-29(27)31(35)36/h5-12,16-17,21,31H,1-4,13-15,18-19H2,(H,38,39). The van der Waals surface area contributed by atoms with Crippen molar-refractivity contribution < 1.29 is 27.5 Å². The molecule has 1 aliphatic heterocycles. The summed E-state index contributed by atoms with van der Waals surface area (Å²) in [6.45, 7) is 2.41. The largest absolute Gasteiger partial charge is 0.478 e. The number of carboxylic acid groups (broad SMARTS) is 1. The van der Waals surface area contributed by atoms with Gasteiger partial charge in [-0.3, -0.25) is 4.39 Å². The number of benzene rings is 3. The maximum Gasteiger partial charge on any atom is 0.335 e. The minimum atomic E-state index is -2.84. The Bertz CT molecular complexity index is 1380. The van der Waals surface area contributed by atoms with Gasteiger partial charge in [-0.15, -0.1) is 0 Å². The molecule has 2 aliphatic rings. The first kappa shape index (κ1) is 27.1. The number of hydrogen-bond donors (Lipinski definition) is 1. The molecule has 0 spiro atoms. The quantitative estimate of drug-likeness (QED) is 0.286. The van der Waals surface area contributed by atoms with Crippen LogP contribution in [0.4, 0.5) is 17.6 Å². The van der Waals surface area contributed by atoms with Crippen molar-refractivity contribution >= 4 is 17.1 Å². The summed E-state index contributed by atoms with van der Waals surface area (Å²) in [7, 11) is 0. The third-order valence-electron chi connectivity index (χ3n) is 7.78. The number of rotatable bonds is 9. The lowest BCUT2D eigenvalue weighted by atomic mass is 9.85. The van der Waals surface area contributed by atoms with Crippen LogP contribution in [-0.2, 0) is 12.8 Å². The topological polar surface area (TPSA) is 40.5 Å². The first-order chi connectivity index (χ1) is 18.8. The van der Waals surface area contributed by atoms with Gasteiger partial charge >= 0.3 is 5.97 Å². The molecule has 1 N–H and O–H groups in total. The van der Waals surface area contributed by atoms with Crippen LogP contribution in [-0.4, -0.2) is 42.3 Å². The summed E-state index contributed by atoms with van der Waals surface area (Å²) in [6.07, 6.45) is 0.382. The molecule has 3 aromatic carbocycles. The molecule has 7 heteroatoms. The van der Waals surface area contributed by atoms with Crippen molar-refractivity contribution in [1.29, 1.82) is 0 Å². The Morgan fingerprint density at radius 1 is 0.974 bits per heavy atom. The van der Waals surface area contributed by atoms with E-state index in [2.05, 4.69) is 17.0 Å². The lowest BCUT2D eigenvalue weighted by Gasteiger charge is -2.39. The smallest absolute Gasteiger partial charge is 0.335 e. The van der Waals surface area contributed by atoms with Gasteiger partial charge in [-0.05, 0) is 101 Å². The minimum absolute atomic E-state index is 0.183. The van der Waals surface area contributed by atoms with Crippen LogP contribution in [0.2, 0.25) is 0 Å². The van der Waals surface area contributed by atoms with E-state index in [4.69, 9.17) is 0 Å². The molecular weight excluding hydrogens is 506 g/mol. The van der Waals surface area contributed by atoms with E-state index in [0.717, 1.165) is 54.4 Å². The zero-order chi connectivity index (χ0) is 27.5. The molecule has 39 heavy (non-hydrogen) atoms. The van der Waals surface area contributed by atoms with Crippen molar-refractivity contribution in [3.8, 4) is 0 Å². The van der Waals surface area contributed by atoms with E-state index >= 15 is 0 Å². The molecule has 0 radical (unpaired) electrons. The average molecular weight is 538 g/mol. The number of fused-ring (bicyclic) bond motifs is 1. The van der Waals surface area contributed by atoms with Gasteiger partial charge in [0.2, 0.25) is 0 Å². The van der Waals surface area contributed by atoms with E-state index in [0.29, 0.717) is 42.7 Å². The first-order valence-electron chi connectivity index (χ1n) is 13.4. The third-order valence-corrected chi connectivity index (χ3v) is 7.78. The van der Waals surface area contributed by atoms with E-state index in [1.165, 1.54) is 17.7 Å². The summed E-state index contributed by atoms with van der Waals surface area (Å²) >= 11 is 0. The van der Waals surface area contributed by atoms with Gasteiger partial charge in [0, 0.05) is 25.2 Å². The molecule has 0 amide bonds. The van der Waals surface area contributed by atoms with E-state index < -0.39 is 18.2 Å². The highest BCUT2D eigenvalue weighted by Gasteiger charge is 2.27. The second-order valence-electron chi connectivity index (χ2n) is 10.5. The number of likely N-dealkylation sites (tertiary alicyclic amines) is 1. The van der Waals surface area contributed by atoms with Crippen LogP contribution in [0.15, 0.2) is 60.7 Å². The van der Waals surface area contributed by atoms with Crippen LogP contribution in [0.5, 0.6) is 0 Å². The average Bonchev–Trinajstić information content (AvgIpc) is 3.09. The fraction of sp³-hybridized carbons (Fsp3) is 0.344. The molecule has 1 saturated heterocycles. The van der Waals surface area contributed by atoms with Crippen LogP contribution >= 0.6 is 0 Å². The van der Waals surface area contributed by atoms with Crippen LogP contribution in [0.3, 0.4) is 0 Å². The van der Waals surface area contributed by atoms with Crippen LogP contribution in [0.1, 0.15) is 69.4 Å². The summed E-state index contributed by atoms with van der Waals surface area (Å²) in [4.78, 5) is 13.9. The maximum atomic E-state index is 14.1. The van der Waals surface area contributed by atoms with Crippen molar-refractivity contribution in [2.75, 3.05) is 26.3 Å². The molecular formula is C32H31F4NO2. The van der Waals surface area contributed by atoms with Gasteiger partial charge in [-0.2, -0.15) is 0 Å².